The molecule has 114 valence electrons. The number of fused-ring (bicyclic) bond motifs is 1. The largest absolute Gasteiger partial charge is 0.377 e. The van der Waals surface area contributed by atoms with Crippen LogP contribution in [0.25, 0.3) is 10.9 Å². The van der Waals surface area contributed by atoms with Gasteiger partial charge in [-0.3, -0.25) is 4.98 Å². The third-order valence-corrected chi connectivity index (χ3v) is 3.76. The van der Waals surface area contributed by atoms with E-state index in [4.69, 9.17) is 4.74 Å². The van der Waals surface area contributed by atoms with Crippen molar-refractivity contribution >= 4 is 10.9 Å². The minimum absolute atomic E-state index is 0.197. The van der Waals surface area contributed by atoms with Crippen LogP contribution < -0.4 is 5.32 Å². The van der Waals surface area contributed by atoms with Crippen molar-refractivity contribution < 1.29 is 4.74 Å². The molecule has 0 amide bonds. The van der Waals surface area contributed by atoms with E-state index in [9.17, 15) is 0 Å². The Bertz CT molecular complexity index is 556. The van der Waals surface area contributed by atoms with Gasteiger partial charge >= 0.3 is 0 Å². The molecule has 2 unspecified atom stereocenters. The summed E-state index contributed by atoms with van der Waals surface area (Å²) in [7, 11) is 0. The predicted octanol–water partition coefficient (Wildman–Crippen LogP) is 4.09. The number of nitrogens with zero attached hydrogens (tertiary/aromatic N) is 1. The average Bonchev–Trinajstić information content (AvgIpc) is 2.54. The molecule has 3 nitrogen and oxygen atoms in total. The molecular formula is C18H26N2O. The first-order valence-corrected chi connectivity index (χ1v) is 7.99. The monoisotopic (exact) mass is 286 g/mol. The van der Waals surface area contributed by atoms with Crippen molar-refractivity contribution in [2.24, 2.45) is 0 Å². The molecule has 0 bridgehead atoms. The fraction of sp³-hybridized carbons (Fsp3) is 0.500. The Morgan fingerprint density at radius 2 is 2.05 bits per heavy atom. The highest BCUT2D eigenvalue weighted by Crippen LogP contribution is 2.24. The minimum Gasteiger partial charge on any atom is -0.377 e. The van der Waals surface area contributed by atoms with Crippen LogP contribution in [0.3, 0.4) is 0 Å². The Morgan fingerprint density at radius 1 is 1.19 bits per heavy atom. The molecule has 3 heteroatoms. The van der Waals surface area contributed by atoms with Crippen LogP contribution in [-0.2, 0) is 4.74 Å². The van der Waals surface area contributed by atoms with Gasteiger partial charge in [0, 0.05) is 18.2 Å². The van der Waals surface area contributed by atoms with Gasteiger partial charge in [0.1, 0.15) is 0 Å². The first-order chi connectivity index (χ1) is 10.3. The third-order valence-electron chi connectivity index (χ3n) is 3.76. The standard InChI is InChI=1S/C18H26N2O/c1-4-11-20-18(17(5-2)21-6-3)15-10-9-14-8-7-12-19-16(14)13-15/h7-10,12-13,17-18,20H,4-6,11H2,1-3H3. The second-order valence-electron chi connectivity index (χ2n) is 5.29. The molecule has 1 heterocycles. The highest BCUT2D eigenvalue weighted by Gasteiger charge is 2.21. The maximum atomic E-state index is 5.93. The number of aromatic nitrogens is 1. The number of rotatable bonds is 8. The van der Waals surface area contributed by atoms with Crippen molar-refractivity contribution in [3.05, 3.63) is 42.1 Å². The van der Waals surface area contributed by atoms with Crippen LogP contribution >= 0.6 is 0 Å². The molecule has 2 aromatic rings. The molecule has 0 spiro atoms. The van der Waals surface area contributed by atoms with Gasteiger partial charge in [-0.1, -0.05) is 32.0 Å². The molecule has 0 radical (unpaired) electrons. The van der Waals surface area contributed by atoms with E-state index in [0.717, 1.165) is 31.5 Å². The number of nitrogens with one attached hydrogen (secondary N) is 1. The van der Waals surface area contributed by atoms with Crippen LogP contribution in [0, 0.1) is 0 Å². The van der Waals surface area contributed by atoms with Crippen molar-refractivity contribution in [3.8, 4) is 0 Å². The molecular weight excluding hydrogens is 260 g/mol. The fourth-order valence-electron chi connectivity index (χ4n) is 2.70. The van der Waals surface area contributed by atoms with Crippen LogP contribution in [-0.4, -0.2) is 24.2 Å². The molecule has 1 aromatic carbocycles. The number of ether oxygens (including phenoxy) is 1. The highest BCUT2D eigenvalue weighted by molar-refractivity contribution is 5.79. The average molecular weight is 286 g/mol. The smallest absolute Gasteiger partial charge is 0.0766 e. The van der Waals surface area contributed by atoms with Crippen molar-refractivity contribution in [3.63, 3.8) is 0 Å². The molecule has 0 aliphatic rings. The van der Waals surface area contributed by atoms with E-state index in [0.29, 0.717) is 0 Å². The Hall–Kier alpha value is -1.45. The first kappa shape index (κ1) is 15.9. The summed E-state index contributed by atoms with van der Waals surface area (Å²) in [5, 5.41) is 4.81. The molecule has 1 aromatic heterocycles. The molecule has 0 saturated heterocycles. The summed E-state index contributed by atoms with van der Waals surface area (Å²) >= 11 is 0. The minimum atomic E-state index is 0.197. The van der Waals surface area contributed by atoms with Gasteiger partial charge in [0.05, 0.1) is 17.7 Å². The lowest BCUT2D eigenvalue weighted by molar-refractivity contribution is 0.0314. The number of hydrogen-bond acceptors (Lipinski definition) is 3. The second kappa shape index (κ2) is 8.11. The second-order valence-corrected chi connectivity index (χ2v) is 5.29. The van der Waals surface area contributed by atoms with Gasteiger partial charge in [-0.15, -0.1) is 0 Å². The molecule has 2 atom stereocenters. The van der Waals surface area contributed by atoms with Gasteiger partial charge in [-0.2, -0.15) is 0 Å². The predicted molar refractivity (Wildman–Crippen MR) is 88.5 cm³/mol. The molecule has 0 saturated carbocycles. The summed E-state index contributed by atoms with van der Waals surface area (Å²) in [5.74, 6) is 0. The lowest BCUT2D eigenvalue weighted by Gasteiger charge is -2.28. The lowest BCUT2D eigenvalue weighted by Crippen LogP contribution is -2.34. The molecule has 0 fully saturated rings. The first-order valence-electron chi connectivity index (χ1n) is 7.99. The van der Waals surface area contributed by atoms with E-state index < -0.39 is 0 Å². The Balaban J connectivity index is 2.32. The van der Waals surface area contributed by atoms with Gasteiger partial charge in [0.15, 0.2) is 0 Å². The summed E-state index contributed by atoms with van der Waals surface area (Å²) in [4.78, 5) is 4.47. The van der Waals surface area contributed by atoms with E-state index >= 15 is 0 Å². The molecule has 21 heavy (non-hydrogen) atoms. The normalized spacial score (nSPS) is 14.2. The van der Waals surface area contributed by atoms with Gasteiger partial charge in [-0.05, 0) is 44.0 Å². The van der Waals surface area contributed by atoms with E-state index in [1.54, 1.807) is 0 Å². The zero-order chi connectivity index (χ0) is 15.1. The van der Waals surface area contributed by atoms with Gasteiger partial charge in [0.25, 0.3) is 0 Å². The van der Waals surface area contributed by atoms with E-state index in [1.807, 2.05) is 12.3 Å². The maximum absolute atomic E-state index is 5.93. The zero-order valence-corrected chi connectivity index (χ0v) is 13.3. The third kappa shape index (κ3) is 4.02. The number of hydrogen-bond donors (Lipinski definition) is 1. The van der Waals surface area contributed by atoms with E-state index in [2.05, 4.69) is 55.3 Å². The SMILES string of the molecule is CCCNC(c1ccc2cccnc2c1)C(CC)OCC. The van der Waals surface area contributed by atoms with Crippen LogP contribution in [0.1, 0.15) is 45.2 Å². The molecule has 1 N–H and O–H groups in total. The molecule has 0 aliphatic carbocycles. The van der Waals surface area contributed by atoms with Crippen LogP contribution in [0.2, 0.25) is 0 Å². The Labute approximate surface area is 127 Å². The number of pyridine rings is 1. The quantitative estimate of drug-likeness (QED) is 0.793. The molecule has 2 rings (SSSR count). The van der Waals surface area contributed by atoms with Crippen molar-refractivity contribution in [2.75, 3.05) is 13.2 Å². The zero-order valence-electron chi connectivity index (χ0n) is 13.3. The summed E-state index contributed by atoms with van der Waals surface area (Å²) in [6, 6.07) is 10.8. The number of benzene rings is 1. The van der Waals surface area contributed by atoms with Crippen LogP contribution in [0.15, 0.2) is 36.5 Å². The fourth-order valence-corrected chi connectivity index (χ4v) is 2.70. The van der Waals surface area contributed by atoms with Gasteiger partial charge < -0.3 is 10.1 Å². The van der Waals surface area contributed by atoms with Crippen molar-refractivity contribution in [2.45, 2.75) is 45.8 Å². The Morgan fingerprint density at radius 3 is 2.76 bits per heavy atom. The van der Waals surface area contributed by atoms with E-state index in [-0.39, 0.29) is 12.1 Å². The highest BCUT2D eigenvalue weighted by atomic mass is 16.5. The summed E-state index contributed by atoms with van der Waals surface area (Å²) in [5.41, 5.74) is 2.31. The lowest BCUT2D eigenvalue weighted by atomic mass is 9.98. The summed E-state index contributed by atoms with van der Waals surface area (Å²) < 4.78 is 5.93. The van der Waals surface area contributed by atoms with Gasteiger partial charge in [-0.25, -0.2) is 0 Å². The maximum Gasteiger partial charge on any atom is 0.0766 e. The summed E-state index contributed by atoms with van der Waals surface area (Å²) in [6.07, 6.45) is 4.16. The van der Waals surface area contributed by atoms with Crippen LogP contribution in [0.5, 0.6) is 0 Å². The van der Waals surface area contributed by atoms with E-state index in [1.165, 1.54) is 10.9 Å². The summed E-state index contributed by atoms with van der Waals surface area (Å²) in [6.45, 7) is 8.17. The Kier molecular flexibility index (Phi) is 6.15. The topological polar surface area (TPSA) is 34.2 Å². The van der Waals surface area contributed by atoms with Gasteiger partial charge in [0.2, 0.25) is 0 Å². The van der Waals surface area contributed by atoms with Crippen molar-refractivity contribution in [1.82, 2.24) is 10.3 Å². The molecule has 0 aliphatic heterocycles. The van der Waals surface area contributed by atoms with Crippen molar-refractivity contribution in [1.29, 1.82) is 0 Å². The van der Waals surface area contributed by atoms with Crippen LogP contribution in [0.4, 0.5) is 0 Å².